The van der Waals surface area contributed by atoms with E-state index in [2.05, 4.69) is 11.1 Å². The summed E-state index contributed by atoms with van der Waals surface area (Å²) in [6, 6.07) is 2.06. The van der Waals surface area contributed by atoms with Crippen molar-refractivity contribution in [3.8, 4) is 6.07 Å². The van der Waals surface area contributed by atoms with Crippen LogP contribution in [0, 0.1) is 11.3 Å². The molecule has 0 aliphatic rings. The Morgan fingerprint density at radius 2 is 2.29 bits per heavy atom. The Hall–Kier alpha value is -1.52. The van der Waals surface area contributed by atoms with E-state index in [-0.39, 0.29) is 0 Å². The summed E-state index contributed by atoms with van der Waals surface area (Å²) in [7, 11) is 3.61. The van der Waals surface area contributed by atoms with Crippen molar-refractivity contribution in [1.29, 1.82) is 5.26 Å². The van der Waals surface area contributed by atoms with Gasteiger partial charge in [-0.25, -0.2) is 4.99 Å². The number of primary amides is 1. The highest BCUT2D eigenvalue weighted by Crippen LogP contribution is 2.39. The number of carbonyl (C=O) groups excluding carboxylic acids is 1. The van der Waals surface area contributed by atoms with Gasteiger partial charge in [-0.2, -0.15) is 5.26 Å². The lowest BCUT2D eigenvalue weighted by Crippen LogP contribution is -2.10. The van der Waals surface area contributed by atoms with Crippen LogP contribution in [0.25, 0.3) is 0 Å². The number of hydrogen-bond acceptors (Lipinski definition) is 5. The molecule has 1 rings (SSSR count). The largest absolute Gasteiger partial charge is 0.369 e. The molecule has 1 amide bonds. The summed E-state index contributed by atoms with van der Waals surface area (Å²) in [5.41, 5.74) is 6.05. The van der Waals surface area contributed by atoms with Crippen molar-refractivity contribution in [2.24, 2.45) is 10.7 Å². The summed E-state index contributed by atoms with van der Waals surface area (Å²) in [5, 5.41) is 9.09. The Bertz CT molecular complexity index is 499. The molecule has 0 radical (unpaired) electrons. The number of nitrogens with zero attached hydrogens (tertiary/aromatic N) is 3. The van der Waals surface area contributed by atoms with Gasteiger partial charge in [0, 0.05) is 14.1 Å². The molecule has 0 aliphatic heterocycles. The van der Waals surface area contributed by atoms with Crippen LogP contribution in [-0.2, 0) is 0 Å². The van der Waals surface area contributed by atoms with E-state index in [1.807, 2.05) is 6.26 Å². The van der Waals surface area contributed by atoms with Crippen molar-refractivity contribution in [3.05, 3.63) is 10.4 Å². The van der Waals surface area contributed by atoms with Gasteiger partial charge in [0.15, 0.2) is 0 Å². The fourth-order valence-electron chi connectivity index (χ4n) is 1.11. The monoisotopic (exact) mass is 268 g/mol. The number of thiophene rings is 1. The van der Waals surface area contributed by atoms with Gasteiger partial charge in [0.05, 0.1) is 10.5 Å². The molecule has 0 fully saturated rings. The third kappa shape index (κ3) is 2.99. The number of rotatable bonds is 4. The molecule has 17 heavy (non-hydrogen) atoms. The molecule has 0 aliphatic carbocycles. The zero-order valence-electron chi connectivity index (χ0n) is 9.72. The predicted octanol–water partition coefficient (Wildman–Crippen LogP) is 1.66. The summed E-state index contributed by atoms with van der Waals surface area (Å²) in [6.07, 6.45) is 3.39. The van der Waals surface area contributed by atoms with Crippen LogP contribution in [0.1, 0.15) is 15.2 Å². The lowest BCUT2D eigenvalue weighted by atomic mass is 10.2. The van der Waals surface area contributed by atoms with E-state index in [4.69, 9.17) is 11.0 Å². The minimum Gasteiger partial charge on any atom is -0.369 e. The summed E-state index contributed by atoms with van der Waals surface area (Å²) >= 11 is 2.61. The Labute approximate surface area is 108 Å². The molecule has 0 spiro atoms. The molecule has 90 valence electrons. The van der Waals surface area contributed by atoms with Crippen molar-refractivity contribution in [2.45, 2.75) is 4.21 Å². The van der Waals surface area contributed by atoms with E-state index in [1.54, 1.807) is 25.3 Å². The van der Waals surface area contributed by atoms with Gasteiger partial charge in [0.25, 0.3) is 5.91 Å². The van der Waals surface area contributed by atoms with E-state index in [0.29, 0.717) is 16.1 Å². The van der Waals surface area contributed by atoms with Gasteiger partial charge in [0.2, 0.25) is 0 Å². The molecule has 0 saturated heterocycles. The van der Waals surface area contributed by atoms with Gasteiger partial charge in [-0.3, -0.25) is 4.79 Å². The maximum absolute atomic E-state index is 11.3. The lowest BCUT2D eigenvalue weighted by molar-refractivity contribution is 0.100. The van der Waals surface area contributed by atoms with E-state index in [0.717, 1.165) is 4.21 Å². The standard InChI is InChI=1S/C10H12N4OS2/c1-14(2)5-13-7-6(4-11)10(16-3)17-8(7)9(12)15/h5H,1-3H3,(H2,12,15). The number of nitrogens with two attached hydrogens (primary N) is 1. The molecular weight excluding hydrogens is 256 g/mol. The summed E-state index contributed by atoms with van der Waals surface area (Å²) < 4.78 is 0.757. The van der Waals surface area contributed by atoms with Gasteiger partial charge in [-0.05, 0) is 6.26 Å². The fraction of sp³-hybridized carbons (Fsp3) is 0.300. The molecule has 5 nitrogen and oxygen atoms in total. The van der Waals surface area contributed by atoms with Crippen LogP contribution in [0.3, 0.4) is 0 Å². The minimum atomic E-state index is -0.558. The van der Waals surface area contributed by atoms with Crippen LogP contribution in [-0.4, -0.2) is 37.5 Å². The number of amides is 1. The van der Waals surface area contributed by atoms with Crippen molar-refractivity contribution in [1.82, 2.24) is 4.90 Å². The van der Waals surface area contributed by atoms with Crippen molar-refractivity contribution in [2.75, 3.05) is 20.4 Å². The van der Waals surface area contributed by atoms with E-state index >= 15 is 0 Å². The third-order valence-corrected chi connectivity index (χ3v) is 4.10. The second kappa shape index (κ2) is 5.70. The summed E-state index contributed by atoms with van der Waals surface area (Å²) in [4.78, 5) is 17.5. The molecule has 1 aromatic rings. The van der Waals surface area contributed by atoms with E-state index < -0.39 is 5.91 Å². The molecule has 0 bridgehead atoms. The summed E-state index contributed by atoms with van der Waals surface area (Å²) in [6.45, 7) is 0. The lowest BCUT2D eigenvalue weighted by Gasteiger charge is -2.02. The van der Waals surface area contributed by atoms with Crippen LogP contribution >= 0.6 is 23.1 Å². The van der Waals surface area contributed by atoms with Gasteiger partial charge in [-0.15, -0.1) is 23.1 Å². The molecular formula is C10H12N4OS2. The number of carbonyl (C=O) groups is 1. The molecule has 1 heterocycles. The highest BCUT2D eigenvalue weighted by atomic mass is 32.2. The zero-order valence-corrected chi connectivity index (χ0v) is 11.4. The van der Waals surface area contributed by atoms with Crippen molar-refractivity contribution in [3.63, 3.8) is 0 Å². The second-order valence-electron chi connectivity index (χ2n) is 3.33. The normalized spacial score (nSPS) is 10.5. The third-order valence-electron chi connectivity index (χ3n) is 1.79. The SMILES string of the molecule is CSc1sc(C(N)=O)c(N=CN(C)C)c1C#N. The Balaban J connectivity index is 3.38. The van der Waals surface area contributed by atoms with E-state index in [1.165, 1.54) is 23.1 Å². The van der Waals surface area contributed by atoms with Crippen molar-refractivity contribution < 1.29 is 4.79 Å². The van der Waals surface area contributed by atoms with Gasteiger partial charge in [-0.1, -0.05) is 0 Å². The fourth-order valence-corrected chi connectivity index (χ4v) is 2.82. The first-order valence-corrected chi connectivity index (χ1v) is 6.66. The quantitative estimate of drug-likeness (QED) is 0.511. The number of thioether (sulfide) groups is 1. The molecule has 1 aromatic heterocycles. The zero-order chi connectivity index (χ0) is 13.0. The maximum atomic E-state index is 11.3. The van der Waals surface area contributed by atoms with Crippen LogP contribution in [0.2, 0.25) is 0 Å². The van der Waals surface area contributed by atoms with E-state index in [9.17, 15) is 4.79 Å². The highest BCUT2D eigenvalue weighted by molar-refractivity contribution is 8.00. The van der Waals surface area contributed by atoms with Gasteiger partial charge < -0.3 is 10.6 Å². The topological polar surface area (TPSA) is 82.5 Å². The number of aliphatic imine (C=N–C) groups is 1. The van der Waals surface area contributed by atoms with Crippen LogP contribution in [0.5, 0.6) is 0 Å². The van der Waals surface area contributed by atoms with Crippen LogP contribution < -0.4 is 5.73 Å². The average Bonchev–Trinajstić information content (AvgIpc) is 2.63. The molecule has 0 unspecified atom stereocenters. The first-order valence-electron chi connectivity index (χ1n) is 4.62. The van der Waals surface area contributed by atoms with Gasteiger partial charge >= 0.3 is 0 Å². The Morgan fingerprint density at radius 1 is 1.65 bits per heavy atom. The first kappa shape index (κ1) is 13.5. The Kier molecular flexibility index (Phi) is 4.54. The minimum absolute atomic E-state index is 0.323. The first-order chi connectivity index (χ1) is 8.01. The number of hydrogen-bond donors (Lipinski definition) is 1. The molecule has 0 aromatic carbocycles. The maximum Gasteiger partial charge on any atom is 0.261 e. The predicted molar refractivity (Wildman–Crippen MR) is 71.2 cm³/mol. The number of nitriles is 1. The highest BCUT2D eigenvalue weighted by Gasteiger charge is 2.20. The van der Waals surface area contributed by atoms with Gasteiger partial charge in [0.1, 0.15) is 22.2 Å². The smallest absolute Gasteiger partial charge is 0.261 e. The van der Waals surface area contributed by atoms with Crippen LogP contribution in [0.4, 0.5) is 5.69 Å². The molecule has 0 saturated carbocycles. The summed E-state index contributed by atoms with van der Waals surface area (Å²) in [5.74, 6) is -0.558. The van der Waals surface area contributed by atoms with Crippen molar-refractivity contribution >= 4 is 41.0 Å². The van der Waals surface area contributed by atoms with Crippen LogP contribution in [0.15, 0.2) is 9.20 Å². The second-order valence-corrected chi connectivity index (χ2v) is 5.43. The average molecular weight is 268 g/mol. The molecule has 0 atom stereocenters. The molecule has 7 heteroatoms. The Morgan fingerprint density at radius 3 is 2.71 bits per heavy atom. The molecule has 2 N–H and O–H groups in total.